The van der Waals surface area contributed by atoms with Gasteiger partial charge in [-0.25, -0.2) is 13.8 Å². The number of carbonyl (C=O) groups is 1. The van der Waals surface area contributed by atoms with Crippen LogP contribution in [0.4, 0.5) is 14.5 Å². The van der Waals surface area contributed by atoms with Gasteiger partial charge < -0.3 is 15.2 Å². The first-order valence-corrected chi connectivity index (χ1v) is 10.5. The van der Waals surface area contributed by atoms with E-state index in [2.05, 4.69) is 10.3 Å². The summed E-state index contributed by atoms with van der Waals surface area (Å²) in [7, 11) is 0. The molecule has 0 atom stereocenters. The number of aromatic nitrogens is 2. The van der Waals surface area contributed by atoms with E-state index in [0.717, 1.165) is 17.5 Å². The molecule has 0 spiro atoms. The van der Waals surface area contributed by atoms with Gasteiger partial charge in [0.1, 0.15) is 29.7 Å². The van der Waals surface area contributed by atoms with E-state index >= 15 is 0 Å². The maximum Gasteiger partial charge on any atom is 0.274 e. The molecule has 2 heterocycles. The van der Waals surface area contributed by atoms with E-state index in [1.807, 2.05) is 12.1 Å². The van der Waals surface area contributed by atoms with Crippen LogP contribution in [0.3, 0.4) is 0 Å². The highest BCUT2D eigenvalue weighted by Crippen LogP contribution is 2.29. The molecule has 0 unspecified atom stereocenters. The van der Waals surface area contributed by atoms with Crippen molar-refractivity contribution in [2.45, 2.75) is 13.5 Å². The van der Waals surface area contributed by atoms with Gasteiger partial charge in [0, 0.05) is 17.3 Å². The number of imidazole rings is 1. The van der Waals surface area contributed by atoms with Gasteiger partial charge in [-0.1, -0.05) is 24.3 Å². The van der Waals surface area contributed by atoms with Crippen LogP contribution < -0.4 is 10.1 Å². The molecular formula is C26H19F2N3O3. The Morgan fingerprint density at radius 3 is 2.62 bits per heavy atom. The van der Waals surface area contributed by atoms with Gasteiger partial charge in [0.05, 0.1) is 11.3 Å². The molecule has 3 aromatic carbocycles. The smallest absolute Gasteiger partial charge is 0.274 e. The minimum absolute atomic E-state index is 0.0910. The number of phenols is 1. The molecule has 0 aliphatic heterocycles. The first-order chi connectivity index (χ1) is 16.4. The Labute approximate surface area is 193 Å². The van der Waals surface area contributed by atoms with Crippen molar-refractivity contribution in [3.63, 3.8) is 0 Å². The summed E-state index contributed by atoms with van der Waals surface area (Å²) >= 11 is 0. The van der Waals surface area contributed by atoms with Crippen molar-refractivity contribution >= 4 is 28.0 Å². The second-order valence-electron chi connectivity index (χ2n) is 7.77. The van der Waals surface area contributed by atoms with Crippen molar-refractivity contribution in [2.75, 3.05) is 5.32 Å². The molecule has 0 fully saturated rings. The Hall–Kier alpha value is -4.46. The summed E-state index contributed by atoms with van der Waals surface area (Å²) in [5.74, 6) is -1.44. The number of hydrogen-bond donors (Lipinski definition) is 2. The van der Waals surface area contributed by atoms with Gasteiger partial charge in [0.15, 0.2) is 11.4 Å². The van der Waals surface area contributed by atoms with Gasteiger partial charge in [-0.15, -0.1) is 0 Å². The van der Waals surface area contributed by atoms with Gasteiger partial charge in [-0.05, 0) is 54.8 Å². The van der Waals surface area contributed by atoms with Crippen LogP contribution in [0.5, 0.6) is 11.5 Å². The number of aryl methyl sites for hydroxylation is 1. The number of carbonyl (C=O) groups excluding carboxylic acids is 1. The average Bonchev–Trinajstić information content (AvgIpc) is 3.15. The number of nitrogens with one attached hydrogen (secondary N) is 1. The Morgan fingerprint density at radius 1 is 1.06 bits per heavy atom. The van der Waals surface area contributed by atoms with Gasteiger partial charge in [-0.3, -0.25) is 9.20 Å². The summed E-state index contributed by atoms with van der Waals surface area (Å²) in [6.45, 7) is 1.36. The highest BCUT2D eigenvalue weighted by atomic mass is 19.1. The zero-order valence-electron chi connectivity index (χ0n) is 18.0. The standard InChI is InChI=1S/C26H19F2N3O3/c1-15-24(26(33)30-22-8-2-5-16-10-11-17(32)13-18(16)22)31-12-4-9-23(25(31)29-15)34-14-19-20(27)6-3-7-21(19)28/h2-13,32H,14H2,1H3,(H,30,33). The number of hydrogen-bond acceptors (Lipinski definition) is 4. The Bertz CT molecular complexity index is 1540. The number of halogens is 2. The molecule has 0 aliphatic carbocycles. The molecule has 34 heavy (non-hydrogen) atoms. The minimum Gasteiger partial charge on any atom is -0.508 e. The highest BCUT2D eigenvalue weighted by Gasteiger charge is 2.20. The molecule has 0 radical (unpaired) electrons. The molecule has 0 bridgehead atoms. The van der Waals surface area contributed by atoms with Crippen LogP contribution in [0.15, 0.2) is 72.9 Å². The monoisotopic (exact) mass is 459 g/mol. The van der Waals surface area contributed by atoms with Crippen molar-refractivity contribution in [1.82, 2.24) is 9.38 Å². The normalized spacial score (nSPS) is 11.1. The summed E-state index contributed by atoms with van der Waals surface area (Å²) in [4.78, 5) is 17.7. The topological polar surface area (TPSA) is 75.9 Å². The highest BCUT2D eigenvalue weighted by molar-refractivity contribution is 6.09. The molecule has 6 nitrogen and oxygen atoms in total. The lowest BCUT2D eigenvalue weighted by molar-refractivity contribution is 0.102. The first kappa shape index (κ1) is 21.4. The third-order valence-corrected chi connectivity index (χ3v) is 5.55. The van der Waals surface area contributed by atoms with Crippen LogP contribution in [0.25, 0.3) is 16.4 Å². The summed E-state index contributed by atoms with van der Waals surface area (Å²) in [6, 6.07) is 17.3. The number of rotatable bonds is 5. The fourth-order valence-electron chi connectivity index (χ4n) is 3.91. The predicted octanol–water partition coefficient (Wildman–Crippen LogP) is 5.61. The van der Waals surface area contributed by atoms with E-state index in [4.69, 9.17) is 4.74 Å². The molecule has 2 N–H and O–H groups in total. The number of nitrogens with zero attached hydrogens (tertiary/aromatic N) is 2. The number of amides is 1. The maximum absolute atomic E-state index is 14.0. The van der Waals surface area contributed by atoms with Gasteiger partial charge in [0.25, 0.3) is 5.91 Å². The third kappa shape index (κ3) is 3.79. The largest absolute Gasteiger partial charge is 0.508 e. The van der Waals surface area contributed by atoms with E-state index in [1.54, 1.807) is 53.9 Å². The summed E-state index contributed by atoms with van der Waals surface area (Å²) in [5.41, 5.74) is 1.43. The zero-order chi connectivity index (χ0) is 23.8. The quantitative estimate of drug-likeness (QED) is 0.358. The number of pyridine rings is 1. The second-order valence-corrected chi connectivity index (χ2v) is 7.77. The van der Waals surface area contributed by atoms with E-state index in [1.165, 1.54) is 6.07 Å². The van der Waals surface area contributed by atoms with Crippen molar-refractivity contribution in [3.8, 4) is 11.5 Å². The number of fused-ring (bicyclic) bond motifs is 2. The fraction of sp³-hybridized carbons (Fsp3) is 0.0769. The van der Waals surface area contributed by atoms with Crippen molar-refractivity contribution in [2.24, 2.45) is 0 Å². The molecule has 0 saturated carbocycles. The second kappa shape index (κ2) is 8.47. The number of phenolic OH excluding ortho intramolecular Hbond substituents is 1. The maximum atomic E-state index is 14.0. The third-order valence-electron chi connectivity index (χ3n) is 5.55. The molecule has 0 aliphatic rings. The van der Waals surface area contributed by atoms with Crippen molar-refractivity contribution < 1.29 is 23.4 Å². The predicted molar refractivity (Wildman–Crippen MR) is 124 cm³/mol. The van der Waals surface area contributed by atoms with E-state index in [0.29, 0.717) is 22.4 Å². The Balaban J connectivity index is 1.48. The average molecular weight is 459 g/mol. The van der Waals surface area contributed by atoms with Gasteiger partial charge in [0.2, 0.25) is 0 Å². The zero-order valence-corrected chi connectivity index (χ0v) is 18.0. The lowest BCUT2D eigenvalue weighted by Gasteiger charge is -2.11. The molecular weight excluding hydrogens is 440 g/mol. The fourth-order valence-corrected chi connectivity index (χ4v) is 3.91. The Morgan fingerprint density at radius 2 is 1.82 bits per heavy atom. The van der Waals surface area contributed by atoms with Crippen LogP contribution in [-0.4, -0.2) is 20.4 Å². The summed E-state index contributed by atoms with van der Waals surface area (Å²) < 4.78 is 35.2. The van der Waals surface area contributed by atoms with Crippen LogP contribution in [0, 0.1) is 18.6 Å². The Kier molecular flexibility index (Phi) is 5.33. The van der Waals surface area contributed by atoms with E-state index in [-0.39, 0.29) is 29.4 Å². The molecule has 2 aromatic heterocycles. The molecule has 170 valence electrons. The molecule has 1 amide bonds. The summed E-state index contributed by atoms with van der Waals surface area (Å²) in [5, 5.41) is 14.3. The van der Waals surface area contributed by atoms with Crippen LogP contribution in [0.1, 0.15) is 21.7 Å². The van der Waals surface area contributed by atoms with E-state index < -0.39 is 17.5 Å². The number of benzene rings is 3. The van der Waals surface area contributed by atoms with Crippen LogP contribution in [-0.2, 0) is 6.61 Å². The molecule has 5 aromatic rings. The molecule has 5 rings (SSSR count). The van der Waals surface area contributed by atoms with Gasteiger partial charge >= 0.3 is 0 Å². The summed E-state index contributed by atoms with van der Waals surface area (Å²) in [6.07, 6.45) is 1.66. The molecule has 0 saturated heterocycles. The lowest BCUT2D eigenvalue weighted by Crippen LogP contribution is -2.16. The molecule has 8 heteroatoms. The van der Waals surface area contributed by atoms with Crippen molar-refractivity contribution in [1.29, 1.82) is 0 Å². The minimum atomic E-state index is -0.701. The number of ether oxygens (including phenoxy) is 1. The number of aromatic hydroxyl groups is 1. The first-order valence-electron chi connectivity index (χ1n) is 10.5. The lowest BCUT2D eigenvalue weighted by atomic mass is 10.1. The van der Waals surface area contributed by atoms with Crippen LogP contribution >= 0.6 is 0 Å². The van der Waals surface area contributed by atoms with E-state index in [9.17, 15) is 18.7 Å². The van der Waals surface area contributed by atoms with Gasteiger partial charge in [-0.2, -0.15) is 0 Å². The van der Waals surface area contributed by atoms with Crippen molar-refractivity contribution in [3.05, 3.63) is 102 Å². The SMILES string of the molecule is Cc1nc2c(OCc3c(F)cccc3F)cccn2c1C(=O)Nc1cccc2ccc(O)cc12. The van der Waals surface area contributed by atoms with Crippen LogP contribution in [0.2, 0.25) is 0 Å². The number of anilines is 1.